The van der Waals surface area contributed by atoms with Crippen molar-refractivity contribution in [3.63, 3.8) is 0 Å². The maximum atomic E-state index is 5.10. The van der Waals surface area contributed by atoms with Crippen molar-refractivity contribution < 1.29 is 21.5 Å². The molecular weight excluding hydrogens is 210 g/mol. The zero-order valence-corrected chi connectivity index (χ0v) is 8.08. The quantitative estimate of drug-likeness (QED) is 0.378. The molecule has 0 saturated carbocycles. The largest absolute Gasteiger partial charge is 1.00 e. The summed E-state index contributed by atoms with van der Waals surface area (Å²) in [5, 5.41) is 0. The molecule has 0 N–H and O–H groups in total. The lowest BCUT2D eigenvalue weighted by molar-refractivity contribution is -0.680. The van der Waals surface area contributed by atoms with Gasteiger partial charge in [-0.25, -0.2) is 0 Å². The summed E-state index contributed by atoms with van der Waals surface area (Å²) in [5.41, 5.74) is 2.02. The number of aromatic nitrogens is 1. The van der Waals surface area contributed by atoms with Crippen LogP contribution in [0.2, 0.25) is 0 Å². The highest BCUT2D eigenvalue weighted by Crippen LogP contribution is 1.99. The number of aryl methyl sites for hydroxylation is 1. The molecule has 0 spiro atoms. The van der Waals surface area contributed by atoms with Gasteiger partial charge in [-0.2, -0.15) is 4.57 Å². The van der Waals surface area contributed by atoms with Gasteiger partial charge in [0.15, 0.2) is 6.20 Å². The molecule has 0 amide bonds. The molecule has 0 atom stereocenters. The van der Waals surface area contributed by atoms with E-state index in [2.05, 4.69) is 12.8 Å². The summed E-state index contributed by atoms with van der Waals surface area (Å²) in [6, 6.07) is 0. The van der Waals surface area contributed by atoms with Crippen molar-refractivity contribution in [3.8, 4) is 12.3 Å². The summed E-state index contributed by atoms with van der Waals surface area (Å²) < 4.78 is 2.00. The van der Waals surface area contributed by atoms with Crippen LogP contribution in [0.1, 0.15) is 4.88 Å². The molecule has 54 valence electrons. The van der Waals surface area contributed by atoms with Crippen LogP contribution in [0.5, 0.6) is 0 Å². The molecule has 0 bridgehead atoms. The summed E-state index contributed by atoms with van der Waals surface area (Å²) in [5.74, 6) is 2.57. The van der Waals surface area contributed by atoms with Crippen LogP contribution in [0.3, 0.4) is 0 Å². The van der Waals surface area contributed by atoms with Crippen molar-refractivity contribution in [2.24, 2.45) is 0 Å². The number of hydrogen-bond acceptors (Lipinski definition) is 1. The molecule has 1 heterocycles. The fourth-order valence-electron chi connectivity index (χ4n) is 0.634. The molecule has 3 heteroatoms. The van der Waals surface area contributed by atoms with Gasteiger partial charge in [0.1, 0.15) is 0 Å². The van der Waals surface area contributed by atoms with Crippen LogP contribution in [-0.2, 0) is 6.54 Å². The third kappa shape index (κ3) is 2.51. The second kappa shape index (κ2) is 4.48. The Morgan fingerprint density at radius 2 is 2.50 bits per heavy atom. The normalized spacial score (nSPS) is 8.00. The van der Waals surface area contributed by atoms with Gasteiger partial charge < -0.3 is 17.0 Å². The van der Waals surface area contributed by atoms with Crippen LogP contribution in [-0.4, -0.2) is 0 Å². The van der Waals surface area contributed by atoms with Crippen LogP contribution in [0.15, 0.2) is 11.7 Å². The molecule has 0 aromatic carbocycles. The lowest BCUT2D eigenvalue weighted by Gasteiger charge is -1.76. The molecule has 0 unspecified atom stereocenters. The Morgan fingerprint density at radius 3 is 2.90 bits per heavy atom. The summed E-state index contributed by atoms with van der Waals surface area (Å²) in [7, 11) is 0. The molecule has 1 aromatic rings. The topological polar surface area (TPSA) is 3.88 Å². The van der Waals surface area contributed by atoms with E-state index in [1.165, 1.54) is 4.88 Å². The zero-order chi connectivity index (χ0) is 6.69. The van der Waals surface area contributed by atoms with E-state index < -0.39 is 0 Å². The average molecular weight is 218 g/mol. The van der Waals surface area contributed by atoms with Crippen LogP contribution in [0.25, 0.3) is 0 Å². The summed E-state index contributed by atoms with van der Waals surface area (Å²) in [6.07, 6.45) is 7.15. The van der Waals surface area contributed by atoms with Crippen molar-refractivity contribution in [1.82, 2.24) is 0 Å². The molecule has 0 aliphatic carbocycles. The minimum Gasteiger partial charge on any atom is -1.00 e. The van der Waals surface area contributed by atoms with E-state index in [-0.39, 0.29) is 17.0 Å². The molecule has 0 radical (unpaired) electrons. The molecule has 0 aliphatic rings. The van der Waals surface area contributed by atoms with Crippen molar-refractivity contribution in [2.45, 2.75) is 13.5 Å². The van der Waals surface area contributed by atoms with Gasteiger partial charge in [-0.1, -0.05) is 11.3 Å². The Labute approximate surface area is 75.5 Å². The van der Waals surface area contributed by atoms with Crippen molar-refractivity contribution >= 4 is 11.3 Å². The first-order valence-electron chi connectivity index (χ1n) is 2.70. The molecule has 0 aliphatic heterocycles. The van der Waals surface area contributed by atoms with Crippen molar-refractivity contribution in [3.05, 3.63) is 16.6 Å². The van der Waals surface area contributed by atoms with E-state index in [1.54, 1.807) is 11.3 Å². The fourth-order valence-corrected chi connectivity index (χ4v) is 1.27. The molecule has 1 aromatic heterocycles. The standard InChI is InChI=1S/C7H8NS.BrH/c1-3-4-8-5-7(2)9-6-8;/h1,5-6H,4H2,2H3;1H/q+1;/p-1. The highest BCUT2D eigenvalue weighted by molar-refractivity contribution is 7.09. The third-order valence-electron chi connectivity index (χ3n) is 0.995. The molecule has 1 nitrogen and oxygen atoms in total. The summed E-state index contributed by atoms with van der Waals surface area (Å²) in [6.45, 7) is 2.75. The number of nitrogens with zero attached hydrogens (tertiary/aromatic N) is 1. The second-order valence-electron chi connectivity index (χ2n) is 1.84. The summed E-state index contributed by atoms with van der Waals surface area (Å²) >= 11 is 1.71. The SMILES string of the molecule is C#CC[n+]1csc(C)c1.[Br-]. The number of hydrogen-bond donors (Lipinski definition) is 0. The maximum absolute atomic E-state index is 5.10. The van der Waals surface area contributed by atoms with E-state index in [9.17, 15) is 0 Å². The Morgan fingerprint density at radius 1 is 1.80 bits per heavy atom. The predicted octanol–water partition coefficient (Wildman–Crippen LogP) is -2.02. The van der Waals surface area contributed by atoms with Gasteiger partial charge in [-0.05, 0) is 12.8 Å². The van der Waals surface area contributed by atoms with Crippen LogP contribution >= 0.6 is 11.3 Å². The Kier molecular flexibility index (Phi) is 4.33. The molecule has 1 rings (SSSR count). The van der Waals surface area contributed by atoms with Gasteiger partial charge in [-0.3, -0.25) is 0 Å². The monoisotopic (exact) mass is 217 g/mol. The van der Waals surface area contributed by atoms with Gasteiger partial charge in [0.2, 0.25) is 12.1 Å². The fraction of sp³-hybridized carbons (Fsp3) is 0.286. The highest BCUT2D eigenvalue weighted by Gasteiger charge is 1.98. The van der Waals surface area contributed by atoms with Crippen LogP contribution in [0, 0.1) is 19.3 Å². The number of thiazole rings is 1. The van der Waals surface area contributed by atoms with E-state index in [4.69, 9.17) is 6.42 Å². The van der Waals surface area contributed by atoms with Gasteiger partial charge >= 0.3 is 0 Å². The number of halogens is 1. The first-order valence-corrected chi connectivity index (χ1v) is 3.58. The van der Waals surface area contributed by atoms with Gasteiger partial charge in [-0.15, -0.1) is 6.42 Å². The minimum atomic E-state index is 0. The van der Waals surface area contributed by atoms with E-state index >= 15 is 0 Å². The van der Waals surface area contributed by atoms with Crippen LogP contribution < -0.4 is 21.5 Å². The average Bonchev–Trinajstić information content (AvgIpc) is 2.17. The number of terminal acetylenes is 1. The summed E-state index contributed by atoms with van der Waals surface area (Å²) in [4.78, 5) is 1.30. The van der Waals surface area contributed by atoms with Crippen molar-refractivity contribution in [2.75, 3.05) is 0 Å². The minimum absolute atomic E-state index is 0. The second-order valence-corrected chi connectivity index (χ2v) is 2.93. The zero-order valence-electron chi connectivity index (χ0n) is 5.67. The Hall–Kier alpha value is -0.330. The van der Waals surface area contributed by atoms with E-state index in [1.807, 2.05) is 16.3 Å². The van der Waals surface area contributed by atoms with Gasteiger partial charge in [0.25, 0.3) is 0 Å². The first-order chi connectivity index (χ1) is 4.33. The van der Waals surface area contributed by atoms with E-state index in [0.29, 0.717) is 6.54 Å². The Bertz CT molecular complexity index is 236. The maximum Gasteiger partial charge on any atom is 0.225 e. The van der Waals surface area contributed by atoms with Crippen molar-refractivity contribution in [1.29, 1.82) is 0 Å². The van der Waals surface area contributed by atoms with E-state index in [0.717, 1.165) is 0 Å². The Balaban J connectivity index is 0.000000810. The lowest BCUT2D eigenvalue weighted by Crippen LogP contribution is -3.00. The van der Waals surface area contributed by atoms with Gasteiger partial charge in [0, 0.05) is 0 Å². The smallest absolute Gasteiger partial charge is 0.225 e. The predicted molar refractivity (Wildman–Crippen MR) is 38.1 cm³/mol. The molecule has 0 saturated heterocycles. The van der Waals surface area contributed by atoms with Gasteiger partial charge in [0.05, 0.1) is 4.88 Å². The third-order valence-corrected chi connectivity index (χ3v) is 1.85. The molecular formula is C7H8BrNS. The van der Waals surface area contributed by atoms with Crippen LogP contribution in [0.4, 0.5) is 0 Å². The highest BCUT2D eigenvalue weighted by atomic mass is 79.9. The molecule has 10 heavy (non-hydrogen) atoms. The lowest BCUT2D eigenvalue weighted by atomic mass is 10.6. The number of rotatable bonds is 1. The first kappa shape index (κ1) is 9.67. The molecule has 0 fully saturated rings.